The number of benzene rings is 1. The maximum absolute atomic E-state index is 11.7. The van der Waals surface area contributed by atoms with Crippen molar-refractivity contribution in [2.75, 3.05) is 6.54 Å². The highest BCUT2D eigenvalue weighted by molar-refractivity contribution is 6.36. The van der Waals surface area contributed by atoms with Crippen LogP contribution < -0.4 is 5.32 Å². The minimum atomic E-state index is -0.571. The van der Waals surface area contributed by atoms with Gasteiger partial charge in [0.25, 0.3) is 0 Å². The molecule has 0 unspecified atom stereocenters. The van der Waals surface area contributed by atoms with Gasteiger partial charge in [-0.2, -0.15) is 0 Å². The minimum Gasteiger partial charge on any atom is -0.344 e. The van der Waals surface area contributed by atoms with E-state index in [4.69, 9.17) is 23.2 Å². The van der Waals surface area contributed by atoms with E-state index in [1.54, 1.807) is 18.2 Å². The standard InChI is InChI=1S/C12H12Cl2N2O2/c1-7-5-16(12(18)11(17)15-7)6-8-2-3-9(13)4-10(8)14/h2-4,7H,5-6H2,1H3,(H,15,17)/t7-/m0/s1. The molecule has 4 nitrogen and oxygen atoms in total. The summed E-state index contributed by atoms with van der Waals surface area (Å²) in [5.41, 5.74) is 0.774. The lowest BCUT2D eigenvalue weighted by atomic mass is 10.1. The molecule has 0 aliphatic carbocycles. The number of nitrogens with zero attached hydrogens (tertiary/aromatic N) is 1. The normalized spacial score (nSPS) is 19.9. The van der Waals surface area contributed by atoms with Crippen LogP contribution in [0, 0.1) is 0 Å². The van der Waals surface area contributed by atoms with E-state index in [9.17, 15) is 9.59 Å². The molecule has 0 bridgehead atoms. The smallest absolute Gasteiger partial charge is 0.312 e. The van der Waals surface area contributed by atoms with Crippen molar-refractivity contribution in [2.24, 2.45) is 0 Å². The molecule has 0 radical (unpaired) electrons. The summed E-state index contributed by atoms with van der Waals surface area (Å²) in [6, 6.07) is 5.04. The summed E-state index contributed by atoms with van der Waals surface area (Å²) >= 11 is 11.9. The first-order valence-corrected chi connectivity index (χ1v) is 6.26. The Morgan fingerprint density at radius 2 is 2.11 bits per heavy atom. The predicted octanol–water partition coefficient (Wildman–Crippen LogP) is 1.84. The highest BCUT2D eigenvalue weighted by Crippen LogP contribution is 2.22. The number of nitrogens with one attached hydrogen (secondary N) is 1. The second kappa shape index (κ2) is 5.16. The van der Waals surface area contributed by atoms with Gasteiger partial charge in [-0.3, -0.25) is 9.59 Å². The number of amides is 2. The number of carbonyl (C=O) groups is 2. The van der Waals surface area contributed by atoms with Crippen molar-refractivity contribution >= 4 is 35.0 Å². The number of rotatable bonds is 2. The summed E-state index contributed by atoms with van der Waals surface area (Å²) in [6.45, 7) is 2.64. The van der Waals surface area contributed by atoms with E-state index < -0.39 is 11.8 Å². The molecular weight excluding hydrogens is 275 g/mol. The number of hydrogen-bond donors (Lipinski definition) is 1. The zero-order valence-electron chi connectivity index (χ0n) is 9.74. The molecule has 1 heterocycles. The van der Waals surface area contributed by atoms with Crippen molar-refractivity contribution in [3.63, 3.8) is 0 Å². The average molecular weight is 287 g/mol. The Bertz CT molecular complexity index is 505. The molecule has 18 heavy (non-hydrogen) atoms. The Hall–Kier alpha value is -1.26. The van der Waals surface area contributed by atoms with Gasteiger partial charge in [-0.15, -0.1) is 0 Å². The maximum Gasteiger partial charge on any atom is 0.312 e. The summed E-state index contributed by atoms with van der Waals surface area (Å²) in [6.07, 6.45) is 0. The van der Waals surface area contributed by atoms with Crippen LogP contribution in [0.1, 0.15) is 12.5 Å². The van der Waals surface area contributed by atoms with Gasteiger partial charge in [0.05, 0.1) is 0 Å². The van der Waals surface area contributed by atoms with Gasteiger partial charge in [0, 0.05) is 29.2 Å². The molecule has 1 aliphatic heterocycles. The SMILES string of the molecule is C[C@H]1CN(Cc2ccc(Cl)cc2Cl)C(=O)C(=O)N1. The molecule has 6 heteroatoms. The summed E-state index contributed by atoms with van der Waals surface area (Å²) < 4.78 is 0. The molecular formula is C12H12Cl2N2O2. The number of halogens is 2. The molecule has 1 N–H and O–H groups in total. The van der Waals surface area contributed by atoms with E-state index in [-0.39, 0.29) is 6.04 Å². The summed E-state index contributed by atoms with van der Waals surface area (Å²) in [5.74, 6) is -1.10. The van der Waals surface area contributed by atoms with Crippen molar-refractivity contribution in [3.05, 3.63) is 33.8 Å². The van der Waals surface area contributed by atoms with Gasteiger partial charge in [0.1, 0.15) is 0 Å². The first-order chi connectivity index (χ1) is 8.47. The van der Waals surface area contributed by atoms with Crippen molar-refractivity contribution in [1.29, 1.82) is 0 Å². The van der Waals surface area contributed by atoms with Crippen LogP contribution in [0.5, 0.6) is 0 Å². The van der Waals surface area contributed by atoms with Crippen LogP contribution in [0.3, 0.4) is 0 Å². The average Bonchev–Trinajstić information content (AvgIpc) is 2.29. The summed E-state index contributed by atoms with van der Waals surface area (Å²) in [7, 11) is 0. The Balaban J connectivity index is 2.17. The largest absolute Gasteiger partial charge is 0.344 e. The fourth-order valence-corrected chi connectivity index (χ4v) is 2.35. The van der Waals surface area contributed by atoms with Gasteiger partial charge < -0.3 is 10.2 Å². The van der Waals surface area contributed by atoms with Crippen LogP contribution in [0.4, 0.5) is 0 Å². The van der Waals surface area contributed by atoms with E-state index >= 15 is 0 Å². The third-order valence-corrected chi connectivity index (χ3v) is 3.32. The van der Waals surface area contributed by atoms with Crippen molar-refractivity contribution in [2.45, 2.75) is 19.5 Å². The Morgan fingerprint density at radius 1 is 1.39 bits per heavy atom. The zero-order valence-corrected chi connectivity index (χ0v) is 11.3. The number of piperazine rings is 1. The van der Waals surface area contributed by atoms with Gasteiger partial charge in [0.15, 0.2) is 0 Å². The lowest BCUT2D eigenvalue weighted by Crippen LogP contribution is -2.56. The first kappa shape index (κ1) is 13.2. The fourth-order valence-electron chi connectivity index (χ4n) is 1.88. The van der Waals surface area contributed by atoms with Gasteiger partial charge in [-0.1, -0.05) is 29.3 Å². The second-order valence-corrected chi connectivity index (χ2v) is 5.14. The van der Waals surface area contributed by atoms with E-state index in [0.717, 1.165) is 5.56 Å². The summed E-state index contributed by atoms with van der Waals surface area (Å²) in [5, 5.41) is 3.62. The molecule has 1 saturated heterocycles. The Kier molecular flexibility index (Phi) is 3.78. The number of hydrogen-bond acceptors (Lipinski definition) is 2. The van der Waals surface area contributed by atoms with Gasteiger partial charge >= 0.3 is 11.8 Å². The molecule has 0 aromatic heterocycles. The highest BCUT2D eigenvalue weighted by atomic mass is 35.5. The second-order valence-electron chi connectivity index (χ2n) is 4.30. The Morgan fingerprint density at radius 3 is 2.78 bits per heavy atom. The first-order valence-electron chi connectivity index (χ1n) is 5.51. The van der Waals surface area contributed by atoms with Crippen molar-refractivity contribution < 1.29 is 9.59 Å². The number of carbonyl (C=O) groups excluding carboxylic acids is 2. The van der Waals surface area contributed by atoms with Crippen molar-refractivity contribution in [1.82, 2.24) is 10.2 Å². The zero-order chi connectivity index (χ0) is 13.3. The third-order valence-electron chi connectivity index (χ3n) is 2.73. The van der Waals surface area contributed by atoms with Crippen LogP contribution in [-0.2, 0) is 16.1 Å². The molecule has 1 aromatic rings. The maximum atomic E-state index is 11.7. The van der Waals surface area contributed by atoms with E-state index in [2.05, 4.69) is 5.32 Å². The van der Waals surface area contributed by atoms with Crippen LogP contribution >= 0.6 is 23.2 Å². The van der Waals surface area contributed by atoms with Gasteiger partial charge in [-0.05, 0) is 24.6 Å². The van der Waals surface area contributed by atoms with Crippen LogP contribution in [0.2, 0.25) is 10.0 Å². The van der Waals surface area contributed by atoms with E-state index in [1.165, 1.54) is 4.90 Å². The Labute approximate surface area is 115 Å². The van der Waals surface area contributed by atoms with E-state index in [1.807, 2.05) is 6.92 Å². The molecule has 1 aliphatic rings. The molecule has 1 fully saturated rings. The van der Waals surface area contributed by atoms with Crippen molar-refractivity contribution in [3.8, 4) is 0 Å². The highest BCUT2D eigenvalue weighted by Gasteiger charge is 2.30. The molecule has 2 amide bonds. The summed E-state index contributed by atoms with van der Waals surface area (Å²) in [4.78, 5) is 24.6. The van der Waals surface area contributed by atoms with Gasteiger partial charge in [-0.25, -0.2) is 0 Å². The quantitative estimate of drug-likeness (QED) is 0.844. The lowest BCUT2D eigenvalue weighted by Gasteiger charge is -2.31. The molecule has 96 valence electrons. The van der Waals surface area contributed by atoms with Crippen LogP contribution in [0.15, 0.2) is 18.2 Å². The molecule has 0 saturated carbocycles. The molecule has 1 aromatic carbocycles. The molecule has 0 spiro atoms. The minimum absolute atomic E-state index is 0.0544. The predicted molar refractivity (Wildman–Crippen MR) is 69.5 cm³/mol. The van der Waals surface area contributed by atoms with Crippen LogP contribution in [0.25, 0.3) is 0 Å². The molecule has 2 rings (SSSR count). The lowest BCUT2D eigenvalue weighted by molar-refractivity contribution is -0.149. The monoisotopic (exact) mass is 286 g/mol. The molecule has 1 atom stereocenters. The topological polar surface area (TPSA) is 49.4 Å². The van der Waals surface area contributed by atoms with Gasteiger partial charge in [0.2, 0.25) is 0 Å². The fraction of sp³-hybridized carbons (Fsp3) is 0.333. The van der Waals surface area contributed by atoms with E-state index in [0.29, 0.717) is 23.1 Å². The third kappa shape index (κ3) is 2.76. The van der Waals surface area contributed by atoms with Crippen LogP contribution in [-0.4, -0.2) is 29.3 Å².